The van der Waals surface area contributed by atoms with E-state index < -0.39 is 0 Å². The molecule has 1 fully saturated rings. The molecule has 1 aliphatic rings. The monoisotopic (exact) mass is 184 g/mol. The predicted octanol–water partition coefficient (Wildman–Crippen LogP) is 3.08. The lowest BCUT2D eigenvalue weighted by atomic mass is 9.69. The van der Waals surface area contributed by atoms with E-state index in [-0.39, 0.29) is 6.10 Å². The molecule has 0 saturated heterocycles. The molecule has 1 rings (SSSR count). The van der Waals surface area contributed by atoms with Crippen LogP contribution < -0.4 is 0 Å². The maximum atomic E-state index is 10.1. The highest BCUT2D eigenvalue weighted by Crippen LogP contribution is 2.38. The van der Waals surface area contributed by atoms with Gasteiger partial charge in [0.1, 0.15) is 0 Å². The summed E-state index contributed by atoms with van der Waals surface area (Å²) in [5.74, 6) is 2.43. The van der Waals surface area contributed by atoms with Gasteiger partial charge in [-0.2, -0.15) is 0 Å². The van der Waals surface area contributed by atoms with Gasteiger partial charge in [0, 0.05) is 0 Å². The molecule has 1 aliphatic carbocycles. The number of aliphatic hydroxyl groups is 1. The molecular formula is C12H24O. The van der Waals surface area contributed by atoms with Crippen LogP contribution in [0, 0.1) is 23.7 Å². The lowest BCUT2D eigenvalue weighted by Gasteiger charge is -2.40. The zero-order valence-corrected chi connectivity index (χ0v) is 9.46. The summed E-state index contributed by atoms with van der Waals surface area (Å²) in [5, 5.41) is 10.1. The summed E-state index contributed by atoms with van der Waals surface area (Å²) in [6, 6.07) is 0. The van der Waals surface area contributed by atoms with Crippen LogP contribution in [0.1, 0.15) is 47.0 Å². The highest BCUT2D eigenvalue weighted by Gasteiger charge is 2.35. The molecule has 78 valence electrons. The first kappa shape index (κ1) is 11.0. The molecule has 0 spiro atoms. The molecule has 1 heteroatoms. The van der Waals surface area contributed by atoms with Crippen molar-refractivity contribution in [3.8, 4) is 0 Å². The Bertz CT molecular complexity index is 155. The Labute approximate surface area is 82.5 Å². The number of hydrogen-bond donors (Lipinski definition) is 1. The fraction of sp³-hybridized carbons (Fsp3) is 1.00. The van der Waals surface area contributed by atoms with Gasteiger partial charge in [0.05, 0.1) is 6.10 Å². The second-order valence-corrected chi connectivity index (χ2v) is 4.95. The fourth-order valence-corrected chi connectivity index (χ4v) is 2.54. The summed E-state index contributed by atoms with van der Waals surface area (Å²) in [6.45, 7) is 8.96. The lowest BCUT2D eigenvalue weighted by molar-refractivity contribution is -0.0233. The summed E-state index contributed by atoms with van der Waals surface area (Å²) in [7, 11) is 0. The maximum Gasteiger partial charge on any atom is 0.0598 e. The molecule has 0 aromatic rings. The van der Waals surface area contributed by atoms with Crippen molar-refractivity contribution in [3.63, 3.8) is 0 Å². The SMILES string of the molecule is CCC(C)C1CCC(C)C(C)C1O. The molecule has 0 amide bonds. The van der Waals surface area contributed by atoms with Crippen LogP contribution in [-0.4, -0.2) is 11.2 Å². The zero-order valence-electron chi connectivity index (χ0n) is 9.46. The minimum atomic E-state index is -0.0568. The average Bonchev–Trinajstić information content (AvgIpc) is 2.13. The van der Waals surface area contributed by atoms with Crippen molar-refractivity contribution in [3.05, 3.63) is 0 Å². The quantitative estimate of drug-likeness (QED) is 0.699. The maximum absolute atomic E-state index is 10.1. The Morgan fingerprint density at radius 3 is 2.46 bits per heavy atom. The van der Waals surface area contributed by atoms with Gasteiger partial charge in [-0.1, -0.05) is 34.1 Å². The fourth-order valence-electron chi connectivity index (χ4n) is 2.54. The Kier molecular flexibility index (Phi) is 3.78. The van der Waals surface area contributed by atoms with Gasteiger partial charge in [-0.3, -0.25) is 0 Å². The molecular weight excluding hydrogens is 160 g/mol. The van der Waals surface area contributed by atoms with E-state index >= 15 is 0 Å². The van der Waals surface area contributed by atoms with E-state index in [0.717, 1.165) is 0 Å². The summed E-state index contributed by atoms with van der Waals surface area (Å²) < 4.78 is 0. The van der Waals surface area contributed by atoms with E-state index in [1.165, 1.54) is 19.3 Å². The number of rotatable bonds is 2. The van der Waals surface area contributed by atoms with Crippen molar-refractivity contribution in [1.82, 2.24) is 0 Å². The van der Waals surface area contributed by atoms with Crippen LogP contribution in [0.15, 0.2) is 0 Å². The van der Waals surface area contributed by atoms with Gasteiger partial charge in [0.25, 0.3) is 0 Å². The third kappa shape index (κ3) is 2.25. The molecule has 5 unspecified atom stereocenters. The summed E-state index contributed by atoms with van der Waals surface area (Å²) in [4.78, 5) is 0. The third-order valence-corrected chi connectivity index (χ3v) is 4.21. The standard InChI is InChI=1S/C12H24O/c1-5-8(2)11-7-6-9(3)10(4)12(11)13/h8-13H,5-7H2,1-4H3. The smallest absolute Gasteiger partial charge is 0.0598 e. The Balaban J connectivity index is 2.58. The van der Waals surface area contributed by atoms with Crippen LogP contribution in [0.3, 0.4) is 0 Å². The molecule has 5 atom stereocenters. The summed E-state index contributed by atoms with van der Waals surface area (Å²) in [5.41, 5.74) is 0. The number of aliphatic hydroxyl groups excluding tert-OH is 1. The Morgan fingerprint density at radius 1 is 1.31 bits per heavy atom. The third-order valence-electron chi connectivity index (χ3n) is 4.21. The van der Waals surface area contributed by atoms with Crippen LogP contribution in [0.2, 0.25) is 0 Å². The van der Waals surface area contributed by atoms with Crippen LogP contribution in [0.4, 0.5) is 0 Å². The topological polar surface area (TPSA) is 20.2 Å². The van der Waals surface area contributed by atoms with E-state index in [1.807, 2.05) is 0 Å². The second-order valence-electron chi connectivity index (χ2n) is 4.95. The van der Waals surface area contributed by atoms with Gasteiger partial charge in [-0.15, -0.1) is 0 Å². The molecule has 1 nitrogen and oxygen atoms in total. The van der Waals surface area contributed by atoms with Crippen molar-refractivity contribution in [2.24, 2.45) is 23.7 Å². The van der Waals surface area contributed by atoms with Crippen molar-refractivity contribution in [1.29, 1.82) is 0 Å². The van der Waals surface area contributed by atoms with E-state index in [2.05, 4.69) is 27.7 Å². The molecule has 13 heavy (non-hydrogen) atoms. The first-order valence-electron chi connectivity index (χ1n) is 5.76. The minimum absolute atomic E-state index is 0.0568. The van der Waals surface area contributed by atoms with Crippen molar-refractivity contribution in [2.45, 2.75) is 53.1 Å². The van der Waals surface area contributed by atoms with Gasteiger partial charge in [-0.25, -0.2) is 0 Å². The molecule has 1 saturated carbocycles. The van der Waals surface area contributed by atoms with Gasteiger partial charge in [0.2, 0.25) is 0 Å². The molecule has 0 aliphatic heterocycles. The average molecular weight is 184 g/mol. The Morgan fingerprint density at radius 2 is 1.92 bits per heavy atom. The molecule has 0 heterocycles. The highest BCUT2D eigenvalue weighted by molar-refractivity contribution is 4.85. The summed E-state index contributed by atoms with van der Waals surface area (Å²) in [6.07, 6.45) is 3.66. The van der Waals surface area contributed by atoms with Gasteiger partial charge in [-0.05, 0) is 36.5 Å². The first-order valence-corrected chi connectivity index (χ1v) is 5.76. The highest BCUT2D eigenvalue weighted by atomic mass is 16.3. The van der Waals surface area contributed by atoms with E-state index in [9.17, 15) is 5.11 Å². The normalized spacial score (nSPS) is 43.2. The number of hydrogen-bond acceptors (Lipinski definition) is 1. The zero-order chi connectivity index (χ0) is 10.0. The van der Waals surface area contributed by atoms with Gasteiger partial charge < -0.3 is 5.11 Å². The van der Waals surface area contributed by atoms with Crippen molar-refractivity contribution in [2.75, 3.05) is 0 Å². The lowest BCUT2D eigenvalue weighted by Crippen LogP contribution is -2.39. The summed E-state index contributed by atoms with van der Waals surface area (Å²) >= 11 is 0. The second kappa shape index (κ2) is 4.45. The van der Waals surface area contributed by atoms with Gasteiger partial charge >= 0.3 is 0 Å². The molecule has 0 aromatic carbocycles. The minimum Gasteiger partial charge on any atom is -0.393 e. The van der Waals surface area contributed by atoms with Crippen molar-refractivity contribution >= 4 is 0 Å². The van der Waals surface area contributed by atoms with Crippen LogP contribution in [0.25, 0.3) is 0 Å². The molecule has 0 aromatic heterocycles. The first-order chi connectivity index (χ1) is 6.07. The predicted molar refractivity (Wildman–Crippen MR) is 56.5 cm³/mol. The van der Waals surface area contributed by atoms with Crippen LogP contribution in [0.5, 0.6) is 0 Å². The largest absolute Gasteiger partial charge is 0.393 e. The van der Waals surface area contributed by atoms with Gasteiger partial charge in [0.15, 0.2) is 0 Å². The Hall–Kier alpha value is -0.0400. The molecule has 1 N–H and O–H groups in total. The van der Waals surface area contributed by atoms with E-state index in [4.69, 9.17) is 0 Å². The molecule has 0 radical (unpaired) electrons. The van der Waals surface area contributed by atoms with Crippen LogP contribution >= 0.6 is 0 Å². The van der Waals surface area contributed by atoms with E-state index in [0.29, 0.717) is 23.7 Å². The molecule has 0 bridgehead atoms. The van der Waals surface area contributed by atoms with E-state index in [1.54, 1.807) is 0 Å². The van der Waals surface area contributed by atoms with Crippen LogP contribution in [-0.2, 0) is 0 Å². The van der Waals surface area contributed by atoms with Crippen molar-refractivity contribution < 1.29 is 5.11 Å².